The highest BCUT2D eigenvalue weighted by Gasteiger charge is 2.25. The van der Waals surface area contributed by atoms with E-state index < -0.39 is 12.0 Å². The zero-order chi connectivity index (χ0) is 19.8. The van der Waals surface area contributed by atoms with Crippen LogP contribution >= 0.6 is 0 Å². The van der Waals surface area contributed by atoms with Gasteiger partial charge in [0.15, 0.2) is 0 Å². The number of hydrogen-bond donors (Lipinski definition) is 2. The summed E-state index contributed by atoms with van der Waals surface area (Å²) < 4.78 is 0. The van der Waals surface area contributed by atoms with Gasteiger partial charge in [-0.05, 0) is 36.6 Å². The third-order valence-electron chi connectivity index (χ3n) is 4.38. The van der Waals surface area contributed by atoms with Gasteiger partial charge in [0.2, 0.25) is 5.91 Å². The van der Waals surface area contributed by atoms with Gasteiger partial charge in [-0.25, -0.2) is 4.79 Å². The minimum absolute atomic E-state index is 0.168. The van der Waals surface area contributed by atoms with Crippen LogP contribution in [-0.4, -0.2) is 40.9 Å². The molecule has 2 aromatic rings. The Balaban J connectivity index is 2.09. The number of carboxylic acid groups (broad SMARTS) is 1. The van der Waals surface area contributed by atoms with Crippen molar-refractivity contribution in [3.63, 3.8) is 0 Å². The molecule has 0 saturated carbocycles. The standard InChI is InChI=1S/C21H24N2O4/c1-15(21(26)27)23(14-17-7-4-3-5-8-17)19(24)12-11-16-9-6-10-18(13-16)20(25)22-2/h3-10,13,15H,11-12,14H2,1-2H3,(H,22,25)(H,26,27). The maximum absolute atomic E-state index is 12.7. The van der Waals surface area contributed by atoms with Crippen molar-refractivity contribution in [2.45, 2.75) is 32.4 Å². The first-order valence-corrected chi connectivity index (χ1v) is 8.79. The number of rotatable bonds is 8. The molecular weight excluding hydrogens is 344 g/mol. The van der Waals surface area contributed by atoms with Crippen LogP contribution in [0.5, 0.6) is 0 Å². The first-order valence-electron chi connectivity index (χ1n) is 8.79. The number of benzene rings is 2. The maximum Gasteiger partial charge on any atom is 0.326 e. The molecule has 6 nitrogen and oxygen atoms in total. The van der Waals surface area contributed by atoms with Crippen molar-refractivity contribution < 1.29 is 19.5 Å². The van der Waals surface area contributed by atoms with Gasteiger partial charge in [-0.2, -0.15) is 0 Å². The average molecular weight is 368 g/mol. The highest BCUT2D eigenvalue weighted by Crippen LogP contribution is 2.14. The number of hydrogen-bond acceptors (Lipinski definition) is 3. The van der Waals surface area contributed by atoms with Crippen LogP contribution in [0.2, 0.25) is 0 Å². The molecule has 2 aromatic carbocycles. The summed E-state index contributed by atoms with van der Waals surface area (Å²) in [6.07, 6.45) is 0.600. The molecule has 2 amide bonds. The Hall–Kier alpha value is -3.15. The van der Waals surface area contributed by atoms with E-state index in [1.165, 1.54) is 11.8 Å². The van der Waals surface area contributed by atoms with Crippen molar-refractivity contribution in [2.24, 2.45) is 0 Å². The van der Waals surface area contributed by atoms with E-state index in [0.717, 1.165) is 11.1 Å². The quantitative estimate of drug-likeness (QED) is 0.749. The summed E-state index contributed by atoms with van der Waals surface area (Å²) in [5.41, 5.74) is 2.26. The molecule has 2 rings (SSSR count). The lowest BCUT2D eigenvalue weighted by molar-refractivity contribution is -0.150. The number of carboxylic acids is 1. The zero-order valence-electron chi connectivity index (χ0n) is 15.5. The number of aryl methyl sites for hydroxylation is 1. The molecule has 142 valence electrons. The third-order valence-corrected chi connectivity index (χ3v) is 4.38. The molecule has 27 heavy (non-hydrogen) atoms. The van der Waals surface area contributed by atoms with Crippen LogP contribution in [0, 0.1) is 0 Å². The normalized spacial score (nSPS) is 11.5. The van der Waals surface area contributed by atoms with Gasteiger partial charge in [-0.15, -0.1) is 0 Å². The van der Waals surface area contributed by atoms with Crippen LogP contribution in [0.15, 0.2) is 54.6 Å². The lowest BCUT2D eigenvalue weighted by Crippen LogP contribution is -2.42. The van der Waals surface area contributed by atoms with E-state index in [2.05, 4.69) is 5.32 Å². The molecule has 0 aliphatic heterocycles. The molecule has 0 aromatic heterocycles. The molecule has 1 unspecified atom stereocenters. The van der Waals surface area contributed by atoms with Crippen LogP contribution < -0.4 is 5.32 Å². The zero-order valence-corrected chi connectivity index (χ0v) is 15.5. The van der Waals surface area contributed by atoms with Gasteiger partial charge >= 0.3 is 5.97 Å². The fraction of sp³-hybridized carbons (Fsp3) is 0.286. The van der Waals surface area contributed by atoms with E-state index in [0.29, 0.717) is 12.0 Å². The average Bonchev–Trinajstić information content (AvgIpc) is 2.70. The van der Waals surface area contributed by atoms with Crippen molar-refractivity contribution in [1.29, 1.82) is 0 Å². The largest absolute Gasteiger partial charge is 0.480 e. The Labute approximate surface area is 158 Å². The van der Waals surface area contributed by atoms with Gasteiger partial charge in [0.25, 0.3) is 5.91 Å². The minimum Gasteiger partial charge on any atom is -0.480 e. The number of carbonyl (C=O) groups is 3. The molecule has 0 radical (unpaired) electrons. The number of nitrogens with one attached hydrogen (secondary N) is 1. The Morgan fingerprint density at radius 2 is 1.70 bits per heavy atom. The Morgan fingerprint density at radius 3 is 2.33 bits per heavy atom. The first-order chi connectivity index (χ1) is 12.9. The lowest BCUT2D eigenvalue weighted by atomic mass is 10.0. The summed E-state index contributed by atoms with van der Waals surface area (Å²) in [4.78, 5) is 37.3. The van der Waals surface area contributed by atoms with Gasteiger partial charge in [-0.3, -0.25) is 9.59 Å². The van der Waals surface area contributed by atoms with Crippen LogP contribution in [0.3, 0.4) is 0 Å². The highest BCUT2D eigenvalue weighted by atomic mass is 16.4. The first kappa shape index (κ1) is 20.2. The molecule has 0 fully saturated rings. The third kappa shape index (κ3) is 5.67. The van der Waals surface area contributed by atoms with Crippen LogP contribution in [0.25, 0.3) is 0 Å². The maximum atomic E-state index is 12.7. The van der Waals surface area contributed by atoms with E-state index >= 15 is 0 Å². The van der Waals surface area contributed by atoms with Gasteiger partial charge in [0.05, 0.1) is 0 Å². The summed E-state index contributed by atoms with van der Waals surface area (Å²) >= 11 is 0. The van der Waals surface area contributed by atoms with E-state index in [9.17, 15) is 19.5 Å². The SMILES string of the molecule is CNC(=O)c1cccc(CCC(=O)N(Cc2ccccc2)C(C)C(=O)O)c1. The second-order valence-corrected chi connectivity index (χ2v) is 6.30. The summed E-state index contributed by atoms with van der Waals surface area (Å²) in [7, 11) is 1.56. The second-order valence-electron chi connectivity index (χ2n) is 6.30. The van der Waals surface area contributed by atoms with Crippen molar-refractivity contribution in [3.8, 4) is 0 Å². The summed E-state index contributed by atoms with van der Waals surface area (Å²) in [6.45, 7) is 1.75. The molecule has 2 N–H and O–H groups in total. The number of aliphatic carboxylic acids is 1. The molecule has 0 aliphatic carbocycles. The summed E-state index contributed by atoms with van der Waals surface area (Å²) in [6, 6.07) is 15.5. The number of amides is 2. The highest BCUT2D eigenvalue weighted by molar-refractivity contribution is 5.94. The molecule has 0 saturated heterocycles. The molecule has 0 aliphatic rings. The number of carbonyl (C=O) groups excluding carboxylic acids is 2. The van der Waals surface area contributed by atoms with Gasteiger partial charge in [0.1, 0.15) is 6.04 Å². The topological polar surface area (TPSA) is 86.7 Å². The van der Waals surface area contributed by atoms with Crippen LogP contribution in [0.1, 0.15) is 34.8 Å². The second kappa shape index (κ2) is 9.52. The van der Waals surface area contributed by atoms with Crippen molar-refractivity contribution >= 4 is 17.8 Å². The summed E-state index contributed by atoms with van der Waals surface area (Å²) in [5, 5.41) is 11.9. The van der Waals surface area contributed by atoms with E-state index in [-0.39, 0.29) is 24.8 Å². The smallest absolute Gasteiger partial charge is 0.326 e. The minimum atomic E-state index is -1.04. The molecule has 6 heteroatoms. The van der Waals surface area contributed by atoms with Crippen molar-refractivity contribution in [1.82, 2.24) is 10.2 Å². The number of nitrogens with zero attached hydrogens (tertiary/aromatic N) is 1. The fourth-order valence-corrected chi connectivity index (χ4v) is 2.76. The van der Waals surface area contributed by atoms with E-state index in [1.807, 2.05) is 36.4 Å². The van der Waals surface area contributed by atoms with Gasteiger partial charge in [-0.1, -0.05) is 42.5 Å². The molecule has 0 bridgehead atoms. The van der Waals surface area contributed by atoms with E-state index in [1.54, 1.807) is 25.2 Å². The molecule has 0 heterocycles. The molecular formula is C21H24N2O4. The van der Waals surface area contributed by atoms with Gasteiger partial charge in [0, 0.05) is 25.6 Å². The fourth-order valence-electron chi connectivity index (χ4n) is 2.76. The van der Waals surface area contributed by atoms with Gasteiger partial charge < -0.3 is 15.3 Å². The predicted octanol–water partition coefficient (Wildman–Crippen LogP) is 2.48. The summed E-state index contributed by atoms with van der Waals surface area (Å²) in [5.74, 6) is -1.46. The van der Waals surface area contributed by atoms with Crippen molar-refractivity contribution in [2.75, 3.05) is 7.05 Å². The predicted molar refractivity (Wildman–Crippen MR) is 102 cm³/mol. The molecule has 1 atom stereocenters. The Kier molecular flexibility index (Phi) is 7.11. The molecule has 0 spiro atoms. The van der Waals surface area contributed by atoms with E-state index in [4.69, 9.17) is 0 Å². The monoisotopic (exact) mass is 368 g/mol. The lowest BCUT2D eigenvalue weighted by Gasteiger charge is -2.27. The van der Waals surface area contributed by atoms with Crippen LogP contribution in [-0.2, 0) is 22.6 Å². The van der Waals surface area contributed by atoms with Crippen LogP contribution in [0.4, 0.5) is 0 Å². The van der Waals surface area contributed by atoms with Crippen molar-refractivity contribution in [3.05, 3.63) is 71.3 Å². The Morgan fingerprint density at radius 1 is 1.04 bits per heavy atom. The Bertz CT molecular complexity index is 805.